The van der Waals surface area contributed by atoms with Crippen LogP contribution in [0.15, 0.2) is 12.1 Å². The molecule has 0 aliphatic rings. The second kappa shape index (κ2) is 4.20. The zero-order valence-corrected chi connectivity index (χ0v) is 10.2. The van der Waals surface area contributed by atoms with Crippen LogP contribution in [0.5, 0.6) is 11.5 Å². The van der Waals surface area contributed by atoms with Gasteiger partial charge in [-0.15, -0.1) is 0 Å². The molecule has 0 aliphatic heterocycles. The summed E-state index contributed by atoms with van der Waals surface area (Å²) in [5.41, 5.74) is 0. The summed E-state index contributed by atoms with van der Waals surface area (Å²) in [6, 6.07) is 3.73. The van der Waals surface area contributed by atoms with Crippen molar-refractivity contribution in [1.29, 1.82) is 0 Å². The first-order valence-corrected chi connectivity index (χ1v) is 5.01. The molecule has 2 nitrogen and oxygen atoms in total. The minimum atomic E-state index is 0.824. The number of ether oxygens (including phenoxy) is 2. The zero-order chi connectivity index (χ0) is 9.14. The molecule has 0 atom stereocenters. The van der Waals surface area contributed by atoms with Gasteiger partial charge in [0.2, 0.25) is 0 Å². The molecule has 1 aromatic rings. The molecule has 0 fully saturated rings. The molecule has 2 radical (unpaired) electrons. The van der Waals surface area contributed by atoms with Crippen LogP contribution in [0.3, 0.4) is 0 Å². The summed E-state index contributed by atoms with van der Waals surface area (Å²) in [6.07, 6.45) is 0. The van der Waals surface area contributed by atoms with Crippen LogP contribution in [0.2, 0.25) is 0 Å². The van der Waals surface area contributed by atoms with Crippen molar-refractivity contribution in [2.24, 2.45) is 0 Å². The van der Waals surface area contributed by atoms with E-state index in [-0.39, 0.29) is 0 Å². The molecule has 0 unspecified atom stereocenters. The van der Waals surface area contributed by atoms with Crippen molar-refractivity contribution in [3.63, 3.8) is 0 Å². The van der Waals surface area contributed by atoms with Crippen LogP contribution in [0.25, 0.3) is 0 Å². The van der Waals surface area contributed by atoms with Gasteiger partial charge in [-0.2, -0.15) is 0 Å². The van der Waals surface area contributed by atoms with E-state index in [1.807, 2.05) is 12.1 Å². The third-order valence-corrected chi connectivity index (χ3v) is 3.84. The van der Waals surface area contributed by atoms with Crippen molar-refractivity contribution < 1.29 is 9.47 Å². The van der Waals surface area contributed by atoms with E-state index in [1.54, 1.807) is 14.2 Å². The van der Waals surface area contributed by atoms with E-state index in [1.165, 1.54) is 0 Å². The Hall–Kier alpha value is -0.141. The predicted octanol–water partition coefficient (Wildman–Crippen LogP) is -0.709. The third kappa shape index (κ3) is 1.78. The van der Waals surface area contributed by atoms with Gasteiger partial charge in [-0.25, -0.2) is 0 Å². The van der Waals surface area contributed by atoms with Gasteiger partial charge in [0.25, 0.3) is 0 Å². The van der Waals surface area contributed by atoms with Gasteiger partial charge in [0, 0.05) is 0 Å². The van der Waals surface area contributed by atoms with Gasteiger partial charge in [0.15, 0.2) is 0 Å². The molecule has 0 saturated heterocycles. The Morgan fingerprint density at radius 1 is 0.917 bits per heavy atom. The Balaban J connectivity index is 3.20. The fourth-order valence-electron chi connectivity index (χ4n) is 0.848. The van der Waals surface area contributed by atoms with E-state index >= 15 is 0 Å². The van der Waals surface area contributed by atoms with Crippen LogP contribution in [0, 0.1) is 0 Å². The molecule has 0 N–H and O–H groups in total. The monoisotopic (exact) mass is 296 g/mol. The van der Waals surface area contributed by atoms with Gasteiger partial charge in [-0.05, 0) is 0 Å². The maximum absolute atomic E-state index is 5.12. The van der Waals surface area contributed by atoms with Crippen LogP contribution >= 0.6 is 0 Å². The van der Waals surface area contributed by atoms with Crippen LogP contribution < -0.4 is 18.4 Å². The van der Waals surface area contributed by atoms with Crippen molar-refractivity contribution in [3.05, 3.63) is 12.1 Å². The summed E-state index contributed by atoms with van der Waals surface area (Å²) in [5, 5.41) is 0. The average Bonchev–Trinajstić information content (AvgIpc) is 2.10. The summed E-state index contributed by atoms with van der Waals surface area (Å²) >= 11 is 5.86. The normalized spacial score (nSPS) is 9.50. The number of methoxy groups -OCH3 is 2. The van der Waals surface area contributed by atoms with Crippen molar-refractivity contribution in [1.82, 2.24) is 0 Å². The van der Waals surface area contributed by atoms with Gasteiger partial charge in [-0.1, -0.05) is 0 Å². The van der Waals surface area contributed by atoms with Gasteiger partial charge < -0.3 is 0 Å². The Morgan fingerprint density at radius 2 is 1.25 bits per heavy atom. The van der Waals surface area contributed by atoms with E-state index in [9.17, 15) is 0 Å². The summed E-state index contributed by atoms with van der Waals surface area (Å²) in [4.78, 5) is 0. The van der Waals surface area contributed by atoms with Crippen molar-refractivity contribution >= 4 is 40.9 Å². The molecule has 0 bridgehead atoms. The van der Waals surface area contributed by atoms with Crippen molar-refractivity contribution in [2.45, 2.75) is 0 Å². The zero-order valence-electron chi connectivity index (χ0n) is 6.79. The number of hydrogen-bond donors (Lipinski definition) is 0. The molecule has 1 aromatic carbocycles. The van der Waals surface area contributed by atoms with E-state index in [2.05, 4.69) is 32.0 Å². The van der Waals surface area contributed by atoms with Crippen LogP contribution in [0.1, 0.15) is 0 Å². The van der Waals surface area contributed by atoms with Crippen LogP contribution in [0.4, 0.5) is 0 Å². The predicted molar refractivity (Wildman–Crippen MR) is 50.3 cm³/mol. The SMILES string of the molecule is COc1ccc(OC)c([Se])c1[Se]. The number of rotatable bonds is 2. The van der Waals surface area contributed by atoms with E-state index in [0.717, 1.165) is 20.4 Å². The fourth-order valence-corrected chi connectivity index (χ4v) is 1.91. The first-order chi connectivity index (χ1) is 5.70. The molecule has 4 heteroatoms. The Bertz CT molecular complexity index is 258. The molecule has 12 heavy (non-hydrogen) atoms. The Kier molecular flexibility index (Phi) is 3.48. The molecule has 1 rings (SSSR count). The summed E-state index contributed by atoms with van der Waals surface area (Å²) in [5.74, 6) is 1.65. The van der Waals surface area contributed by atoms with Crippen molar-refractivity contribution in [3.8, 4) is 11.5 Å². The average molecular weight is 294 g/mol. The molecule has 0 aromatic heterocycles. The topological polar surface area (TPSA) is 18.5 Å². The fraction of sp³-hybridized carbons (Fsp3) is 0.250. The standard InChI is InChI=1S/C8H8O2Se2/c1-9-5-3-4-6(10-2)8(12)7(5)11/h3-4H,1-2H3. The quantitative estimate of drug-likeness (QED) is 0.671. The van der Waals surface area contributed by atoms with Gasteiger partial charge in [-0.3, -0.25) is 0 Å². The van der Waals surface area contributed by atoms with Crippen LogP contribution in [-0.2, 0) is 0 Å². The van der Waals surface area contributed by atoms with E-state index < -0.39 is 0 Å². The van der Waals surface area contributed by atoms with Gasteiger partial charge in [0.1, 0.15) is 0 Å². The third-order valence-electron chi connectivity index (χ3n) is 1.48. The molecular formula is C8H8O2Se2. The summed E-state index contributed by atoms with van der Waals surface area (Å²) in [7, 11) is 3.28. The molecule has 64 valence electrons. The minimum absolute atomic E-state index is 0.824. The summed E-state index contributed by atoms with van der Waals surface area (Å²) < 4.78 is 12.1. The Morgan fingerprint density at radius 3 is 1.50 bits per heavy atom. The van der Waals surface area contributed by atoms with E-state index in [0.29, 0.717) is 0 Å². The van der Waals surface area contributed by atoms with Crippen molar-refractivity contribution in [2.75, 3.05) is 14.2 Å². The first-order valence-electron chi connectivity index (χ1n) is 3.29. The maximum atomic E-state index is 5.12. The molecule has 0 heterocycles. The molecule has 0 spiro atoms. The molecule has 0 saturated carbocycles. The molecule has 0 amide bonds. The molecular weight excluding hydrogens is 286 g/mol. The van der Waals surface area contributed by atoms with Crippen LogP contribution in [-0.4, -0.2) is 46.2 Å². The second-order valence-electron chi connectivity index (χ2n) is 2.13. The Labute approximate surface area is 88.3 Å². The molecule has 0 aliphatic carbocycles. The second-order valence-corrected chi connectivity index (χ2v) is 3.84. The van der Waals surface area contributed by atoms with Gasteiger partial charge in [0.05, 0.1) is 0 Å². The first kappa shape index (κ1) is 9.94. The number of benzene rings is 1. The van der Waals surface area contributed by atoms with Gasteiger partial charge >= 0.3 is 88.3 Å². The summed E-state index contributed by atoms with van der Waals surface area (Å²) in [6.45, 7) is 0. The van der Waals surface area contributed by atoms with E-state index in [4.69, 9.17) is 9.47 Å². The number of hydrogen-bond acceptors (Lipinski definition) is 2.